The molecule has 0 aromatic heterocycles. The average molecular weight is 442 g/mol. The lowest BCUT2D eigenvalue weighted by molar-refractivity contribution is -0.121. The van der Waals surface area contributed by atoms with Crippen LogP contribution in [-0.4, -0.2) is 35.2 Å². The van der Waals surface area contributed by atoms with E-state index in [0.29, 0.717) is 23.3 Å². The summed E-state index contributed by atoms with van der Waals surface area (Å²) in [6, 6.07) is 16.0. The van der Waals surface area contributed by atoms with Crippen molar-refractivity contribution in [2.75, 3.05) is 25.8 Å². The van der Waals surface area contributed by atoms with Crippen LogP contribution in [0.3, 0.4) is 0 Å². The summed E-state index contributed by atoms with van der Waals surface area (Å²) in [6.07, 6.45) is 0.549. The average Bonchev–Trinajstić information content (AvgIpc) is 3.23. The molecule has 0 atom stereocenters. The van der Waals surface area contributed by atoms with E-state index in [4.69, 9.17) is 9.47 Å². The van der Waals surface area contributed by atoms with Gasteiger partial charge in [-0.2, -0.15) is 0 Å². The van der Waals surface area contributed by atoms with Crippen LogP contribution in [0.4, 0.5) is 5.69 Å². The summed E-state index contributed by atoms with van der Waals surface area (Å²) in [5.74, 6) is 0.885. The molecule has 3 aromatic rings. The molecule has 1 aliphatic heterocycles. The topological polar surface area (TPSA) is 97.0 Å². The fourth-order valence-electron chi connectivity index (χ4n) is 3.48. The zero-order valence-electron chi connectivity index (χ0n) is 17.2. The smallest absolute Gasteiger partial charge is 0.257 e. The van der Waals surface area contributed by atoms with E-state index in [1.807, 2.05) is 43.3 Å². The second kappa shape index (κ2) is 8.44. The SMILES string of the molecule is CN(C)c1cccc2c(S(=O)(=O)NNC(=O)CCc3ccc4c(c3)OCO4)cccc12. The van der Waals surface area contributed by atoms with Gasteiger partial charge in [0, 0.05) is 37.0 Å². The molecular weight excluding hydrogens is 418 g/mol. The zero-order valence-corrected chi connectivity index (χ0v) is 18.0. The summed E-state index contributed by atoms with van der Waals surface area (Å²) in [4.78, 5) is 16.5. The number of fused-ring (bicyclic) bond motifs is 2. The van der Waals surface area contributed by atoms with Crippen LogP contribution in [-0.2, 0) is 21.2 Å². The Kier molecular flexibility index (Phi) is 5.71. The summed E-state index contributed by atoms with van der Waals surface area (Å²) < 4.78 is 36.3. The van der Waals surface area contributed by atoms with E-state index in [1.54, 1.807) is 24.3 Å². The molecule has 1 aliphatic rings. The molecule has 1 amide bonds. The first-order valence-corrected chi connectivity index (χ1v) is 11.2. The van der Waals surface area contributed by atoms with Crippen molar-refractivity contribution < 1.29 is 22.7 Å². The molecule has 0 saturated carbocycles. The van der Waals surface area contributed by atoms with Gasteiger partial charge in [0.15, 0.2) is 11.5 Å². The van der Waals surface area contributed by atoms with Gasteiger partial charge in [0.25, 0.3) is 10.0 Å². The van der Waals surface area contributed by atoms with Crippen molar-refractivity contribution in [1.82, 2.24) is 10.3 Å². The van der Waals surface area contributed by atoms with Gasteiger partial charge < -0.3 is 14.4 Å². The van der Waals surface area contributed by atoms with Crippen molar-refractivity contribution in [3.8, 4) is 11.5 Å². The summed E-state index contributed by atoms with van der Waals surface area (Å²) in [5, 5.41) is 1.39. The first-order chi connectivity index (χ1) is 14.8. The highest BCUT2D eigenvalue weighted by molar-refractivity contribution is 7.89. The predicted octanol–water partition coefficient (Wildman–Crippen LogP) is 2.58. The highest BCUT2D eigenvalue weighted by Crippen LogP contribution is 2.33. The highest BCUT2D eigenvalue weighted by atomic mass is 32.2. The Balaban J connectivity index is 1.43. The first-order valence-electron chi connectivity index (χ1n) is 9.73. The van der Waals surface area contributed by atoms with Crippen LogP contribution in [0.15, 0.2) is 59.5 Å². The van der Waals surface area contributed by atoms with Gasteiger partial charge in [-0.1, -0.05) is 30.3 Å². The molecule has 1 heterocycles. The molecule has 2 N–H and O–H groups in total. The Morgan fingerprint density at radius 2 is 1.74 bits per heavy atom. The Morgan fingerprint density at radius 1 is 1.00 bits per heavy atom. The molecule has 0 fully saturated rings. The van der Waals surface area contributed by atoms with E-state index in [-0.39, 0.29) is 18.1 Å². The molecule has 0 radical (unpaired) electrons. The predicted molar refractivity (Wildman–Crippen MR) is 118 cm³/mol. The van der Waals surface area contributed by atoms with Crippen LogP contribution in [0.25, 0.3) is 10.8 Å². The minimum Gasteiger partial charge on any atom is -0.454 e. The second-order valence-corrected chi connectivity index (χ2v) is 9.01. The Bertz CT molecular complexity index is 1240. The summed E-state index contributed by atoms with van der Waals surface area (Å²) in [7, 11) is -0.158. The minimum absolute atomic E-state index is 0.102. The third kappa shape index (κ3) is 4.42. The minimum atomic E-state index is -3.95. The lowest BCUT2D eigenvalue weighted by Crippen LogP contribution is -2.41. The zero-order chi connectivity index (χ0) is 22.0. The van der Waals surface area contributed by atoms with Crippen LogP contribution in [0.2, 0.25) is 0 Å². The lowest BCUT2D eigenvalue weighted by atomic mass is 10.1. The Hall–Kier alpha value is -3.30. The molecule has 3 aromatic carbocycles. The van der Waals surface area contributed by atoms with Gasteiger partial charge in [0.05, 0.1) is 4.90 Å². The highest BCUT2D eigenvalue weighted by Gasteiger charge is 2.19. The number of carbonyl (C=O) groups excluding carboxylic acids is 1. The monoisotopic (exact) mass is 441 g/mol. The third-order valence-corrected chi connectivity index (χ3v) is 6.34. The van der Waals surface area contributed by atoms with E-state index >= 15 is 0 Å². The molecule has 4 rings (SSSR count). The van der Waals surface area contributed by atoms with Crippen molar-refractivity contribution >= 4 is 32.4 Å². The summed E-state index contributed by atoms with van der Waals surface area (Å²) >= 11 is 0. The van der Waals surface area contributed by atoms with Crippen LogP contribution in [0, 0.1) is 0 Å². The third-order valence-electron chi connectivity index (χ3n) is 5.03. The van der Waals surface area contributed by atoms with E-state index in [1.165, 1.54) is 6.07 Å². The van der Waals surface area contributed by atoms with Crippen LogP contribution in [0.5, 0.6) is 11.5 Å². The number of sulfonamides is 1. The van der Waals surface area contributed by atoms with Crippen molar-refractivity contribution in [3.05, 3.63) is 60.2 Å². The van der Waals surface area contributed by atoms with Gasteiger partial charge in [-0.05, 0) is 36.2 Å². The summed E-state index contributed by atoms with van der Waals surface area (Å²) in [6.45, 7) is 0.186. The van der Waals surface area contributed by atoms with Crippen LogP contribution >= 0.6 is 0 Å². The number of rotatable bonds is 7. The first kappa shape index (κ1) is 21.0. The number of nitrogens with one attached hydrogen (secondary N) is 2. The molecule has 9 heteroatoms. The number of amides is 1. The Morgan fingerprint density at radius 3 is 2.55 bits per heavy atom. The number of hydrogen-bond donors (Lipinski definition) is 2. The van der Waals surface area contributed by atoms with Crippen molar-refractivity contribution in [2.45, 2.75) is 17.7 Å². The van der Waals surface area contributed by atoms with Gasteiger partial charge in [-0.25, -0.2) is 8.42 Å². The molecule has 31 heavy (non-hydrogen) atoms. The van der Waals surface area contributed by atoms with E-state index in [2.05, 4.69) is 10.3 Å². The summed E-state index contributed by atoms with van der Waals surface area (Å²) in [5.41, 5.74) is 4.10. The maximum atomic E-state index is 12.9. The quantitative estimate of drug-likeness (QED) is 0.547. The molecule has 8 nitrogen and oxygen atoms in total. The Labute approximate surface area is 180 Å². The number of hydrazine groups is 1. The number of hydrogen-bond acceptors (Lipinski definition) is 6. The number of anilines is 1. The number of aryl methyl sites for hydroxylation is 1. The molecular formula is C22H23N3O5S. The van der Waals surface area contributed by atoms with Crippen molar-refractivity contribution in [2.24, 2.45) is 0 Å². The number of benzene rings is 3. The number of carbonyl (C=O) groups is 1. The van der Waals surface area contributed by atoms with Gasteiger partial charge in [-0.15, -0.1) is 4.83 Å². The number of nitrogens with zero attached hydrogens (tertiary/aromatic N) is 1. The van der Waals surface area contributed by atoms with E-state index in [9.17, 15) is 13.2 Å². The van der Waals surface area contributed by atoms with Crippen molar-refractivity contribution in [3.63, 3.8) is 0 Å². The number of ether oxygens (including phenoxy) is 2. The van der Waals surface area contributed by atoms with Gasteiger partial charge in [0.2, 0.25) is 12.7 Å². The van der Waals surface area contributed by atoms with E-state index in [0.717, 1.165) is 16.6 Å². The molecule has 0 bridgehead atoms. The van der Waals surface area contributed by atoms with E-state index < -0.39 is 15.9 Å². The fourth-order valence-corrected chi connectivity index (χ4v) is 4.57. The molecule has 0 saturated heterocycles. The maximum absolute atomic E-state index is 12.9. The second-order valence-electron chi connectivity index (χ2n) is 7.36. The standard InChI is InChI=1S/C22H23N3O5S/c1-25(2)18-7-3-6-17-16(18)5-4-8-21(17)31(27,28)24-23-22(26)12-10-15-9-11-19-20(13-15)30-14-29-19/h3-9,11,13,24H,10,12,14H2,1-2H3,(H,23,26). The fraction of sp³-hybridized carbons (Fsp3) is 0.227. The molecule has 0 unspecified atom stereocenters. The molecule has 162 valence electrons. The van der Waals surface area contributed by atoms with Crippen LogP contribution in [0.1, 0.15) is 12.0 Å². The van der Waals surface area contributed by atoms with Gasteiger partial charge >= 0.3 is 0 Å². The van der Waals surface area contributed by atoms with Gasteiger partial charge in [0.1, 0.15) is 0 Å². The van der Waals surface area contributed by atoms with Gasteiger partial charge in [-0.3, -0.25) is 10.2 Å². The van der Waals surface area contributed by atoms with Crippen molar-refractivity contribution in [1.29, 1.82) is 0 Å². The largest absolute Gasteiger partial charge is 0.454 e. The normalized spacial score (nSPS) is 12.7. The lowest BCUT2D eigenvalue weighted by Gasteiger charge is -2.17. The van der Waals surface area contributed by atoms with Crippen LogP contribution < -0.4 is 24.6 Å². The molecule has 0 spiro atoms. The molecule has 0 aliphatic carbocycles. The maximum Gasteiger partial charge on any atom is 0.257 e.